The molecule has 1 heteroatoms. The maximum Gasteiger partial charge on any atom is 0.0400 e. The van der Waals surface area contributed by atoms with E-state index in [-0.39, 0.29) is 5.41 Å². The molecule has 0 spiro atoms. The van der Waals surface area contributed by atoms with Crippen LogP contribution in [0.15, 0.2) is 61.2 Å². The van der Waals surface area contributed by atoms with Crippen molar-refractivity contribution in [2.24, 2.45) is 5.41 Å². The molecule has 126 valence electrons. The van der Waals surface area contributed by atoms with Crippen molar-refractivity contribution >= 4 is 11.8 Å². The normalized spacial score (nSPS) is 11.7. The minimum Gasteiger partial charge on any atom is -0.381 e. The van der Waals surface area contributed by atoms with Crippen molar-refractivity contribution < 1.29 is 0 Å². The van der Waals surface area contributed by atoms with E-state index >= 15 is 0 Å². The lowest BCUT2D eigenvalue weighted by Crippen LogP contribution is -2.11. The van der Waals surface area contributed by atoms with E-state index < -0.39 is 0 Å². The van der Waals surface area contributed by atoms with Crippen molar-refractivity contribution in [1.82, 2.24) is 5.32 Å². The van der Waals surface area contributed by atoms with Gasteiger partial charge in [0.15, 0.2) is 0 Å². The minimum absolute atomic E-state index is 0.205. The van der Waals surface area contributed by atoms with E-state index in [2.05, 4.69) is 100 Å². The van der Waals surface area contributed by atoms with Crippen molar-refractivity contribution in [2.45, 2.75) is 40.7 Å². The standard InChI is InChI=1S/C23H29N/c1-6-19-8-7-9-21(16-19)17-24-18(2)22-12-10-20(11-13-22)14-15-23(3,4)5/h7-16,24H,2,6,17H2,1,3-5H3/b15-14+. The fraction of sp³-hybridized carbons (Fsp3) is 0.304. The number of allylic oxidation sites excluding steroid dienone is 1. The van der Waals surface area contributed by atoms with Crippen LogP contribution in [0.5, 0.6) is 0 Å². The number of hydrogen-bond donors (Lipinski definition) is 1. The molecule has 0 atom stereocenters. The third-order valence-electron chi connectivity index (χ3n) is 3.94. The second-order valence-electron chi connectivity index (χ2n) is 7.33. The highest BCUT2D eigenvalue weighted by Crippen LogP contribution is 2.18. The summed E-state index contributed by atoms with van der Waals surface area (Å²) in [4.78, 5) is 0. The first kappa shape index (κ1) is 18.1. The van der Waals surface area contributed by atoms with Gasteiger partial charge in [-0.15, -0.1) is 0 Å². The zero-order chi connectivity index (χ0) is 17.6. The van der Waals surface area contributed by atoms with Gasteiger partial charge in [-0.2, -0.15) is 0 Å². The molecule has 0 saturated heterocycles. The van der Waals surface area contributed by atoms with Crippen molar-refractivity contribution in [3.63, 3.8) is 0 Å². The number of aryl methyl sites for hydroxylation is 1. The molecule has 0 aliphatic rings. The van der Waals surface area contributed by atoms with Gasteiger partial charge in [-0.1, -0.05) is 95.0 Å². The Morgan fingerprint density at radius 2 is 1.71 bits per heavy atom. The second kappa shape index (κ2) is 8.01. The fourth-order valence-electron chi connectivity index (χ4n) is 2.41. The van der Waals surface area contributed by atoms with Crippen LogP contribution in [0.1, 0.15) is 49.9 Å². The summed E-state index contributed by atoms with van der Waals surface area (Å²) < 4.78 is 0. The van der Waals surface area contributed by atoms with E-state index in [4.69, 9.17) is 0 Å². The highest BCUT2D eigenvalue weighted by molar-refractivity contribution is 5.63. The first-order valence-electron chi connectivity index (χ1n) is 8.67. The van der Waals surface area contributed by atoms with E-state index in [9.17, 15) is 0 Å². The third kappa shape index (κ3) is 5.73. The molecule has 0 aliphatic heterocycles. The summed E-state index contributed by atoms with van der Waals surface area (Å²) in [5.74, 6) is 0. The molecule has 1 N–H and O–H groups in total. The lowest BCUT2D eigenvalue weighted by molar-refractivity contribution is 0.547. The number of nitrogens with one attached hydrogen (secondary N) is 1. The van der Waals surface area contributed by atoms with Crippen LogP contribution in [0, 0.1) is 5.41 Å². The monoisotopic (exact) mass is 319 g/mol. The highest BCUT2D eigenvalue weighted by Gasteiger charge is 2.04. The van der Waals surface area contributed by atoms with Gasteiger partial charge in [0.25, 0.3) is 0 Å². The van der Waals surface area contributed by atoms with Gasteiger partial charge in [0.05, 0.1) is 0 Å². The van der Waals surface area contributed by atoms with Crippen LogP contribution >= 0.6 is 0 Å². The first-order chi connectivity index (χ1) is 11.4. The molecule has 2 aromatic carbocycles. The summed E-state index contributed by atoms with van der Waals surface area (Å²) in [6.07, 6.45) is 5.48. The van der Waals surface area contributed by atoms with Crippen LogP contribution in [0.4, 0.5) is 0 Å². The Morgan fingerprint density at radius 1 is 1.04 bits per heavy atom. The van der Waals surface area contributed by atoms with E-state index in [1.165, 1.54) is 16.7 Å². The Labute approximate surface area is 147 Å². The van der Waals surface area contributed by atoms with Crippen molar-refractivity contribution in [2.75, 3.05) is 0 Å². The average Bonchev–Trinajstić information content (AvgIpc) is 2.58. The topological polar surface area (TPSA) is 12.0 Å². The van der Waals surface area contributed by atoms with Crippen LogP contribution < -0.4 is 5.32 Å². The van der Waals surface area contributed by atoms with Gasteiger partial charge < -0.3 is 5.32 Å². The molecule has 0 fully saturated rings. The molecule has 0 bridgehead atoms. The highest BCUT2D eigenvalue weighted by atomic mass is 14.9. The maximum atomic E-state index is 4.17. The number of benzene rings is 2. The lowest BCUT2D eigenvalue weighted by Gasteiger charge is -2.12. The molecule has 0 aliphatic carbocycles. The Morgan fingerprint density at radius 3 is 2.33 bits per heavy atom. The Hall–Kier alpha value is -2.28. The van der Waals surface area contributed by atoms with E-state index in [1.54, 1.807) is 0 Å². The van der Waals surface area contributed by atoms with Gasteiger partial charge >= 0.3 is 0 Å². The van der Waals surface area contributed by atoms with E-state index in [0.717, 1.165) is 24.2 Å². The Kier molecular flexibility index (Phi) is 6.03. The van der Waals surface area contributed by atoms with Crippen LogP contribution in [0.3, 0.4) is 0 Å². The molecule has 2 rings (SSSR count). The summed E-state index contributed by atoms with van der Waals surface area (Å²) in [6, 6.07) is 17.2. The Bertz CT molecular complexity index is 700. The summed E-state index contributed by atoms with van der Waals surface area (Å²) >= 11 is 0. The van der Waals surface area contributed by atoms with Crippen molar-refractivity contribution in [3.8, 4) is 0 Å². The summed E-state index contributed by atoms with van der Waals surface area (Å²) in [5.41, 5.74) is 6.18. The molecule has 0 heterocycles. The zero-order valence-corrected chi connectivity index (χ0v) is 15.4. The molecule has 1 nitrogen and oxygen atoms in total. The van der Waals surface area contributed by atoms with Gasteiger partial charge in [0, 0.05) is 12.2 Å². The number of rotatable bonds is 6. The zero-order valence-electron chi connectivity index (χ0n) is 15.4. The SMILES string of the molecule is C=C(NCc1cccc(CC)c1)c1ccc(/C=C/C(C)(C)C)cc1. The van der Waals surface area contributed by atoms with Crippen LogP contribution in [0.25, 0.3) is 11.8 Å². The fourth-order valence-corrected chi connectivity index (χ4v) is 2.41. The molecule has 0 aromatic heterocycles. The minimum atomic E-state index is 0.205. The molecule has 0 unspecified atom stereocenters. The largest absolute Gasteiger partial charge is 0.381 e. The molecule has 0 amide bonds. The van der Waals surface area contributed by atoms with Gasteiger partial charge in [0.2, 0.25) is 0 Å². The lowest BCUT2D eigenvalue weighted by atomic mass is 9.95. The van der Waals surface area contributed by atoms with Crippen LogP contribution in [0.2, 0.25) is 0 Å². The molecule has 0 radical (unpaired) electrons. The van der Waals surface area contributed by atoms with Gasteiger partial charge in [0.1, 0.15) is 0 Å². The molecule has 2 aromatic rings. The second-order valence-corrected chi connectivity index (χ2v) is 7.33. The average molecular weight is 319 g/mol. The predicted octanol–water partition coefficient (Wildman–Crippen LogP) is 6.07. The molecule has 24 heavy (non-hydrogen) atoms. The van der Waals surface area contributed by atoms with E-state index in [0.29, 0.717) is 0 Å². The van der Waals surface area contributed by atoms with Gasteiger partial charge in [-0.3, -0.25) is 0 Å². The maximum absolute atomic E-state index is 4.17. The van der Waals surface area contributed by atoms with E-state index in [1.807, 2.05) is 0 Å². The smallest absolute Gasteiger partial charge is 0.0400 e. The van der Waals surface area contributed by atoms with Gasteiger partial charge in [-0.25, -0.2) is 0 Å². The Balaban J connectivity index is 1.96. The quantitative estimate of drug-likeness (QED) is 0.681. The molecular weight excluding hydrogens is 290 g/mol. The predicted molar refractivity (Wildman–Crippen MR) is 107 cm³/mol. The molecule has 0 saturated carbocycles. The first-order valence-corrected chi connectivity index (χ1v) is 8.67. The summed E-state index contributed by atoms with van der Waals surface area (Å²) in [5, 5.41) is 3.43. The van der Waals surface area contributed by atoms with Crippen LogP contribution in [-0.4, -0.2) is 0 Å². The summed E-state index contributed by atoms with van der Waals surface area (Å²) in [7, 11) is 0. The summed E-state index contributed by atoms with van der Waals surface area (Å²) in [6.45, 7) is 13.8. The van der Waals surface area contributed by atoms with Crippen molar-refractivity contribution in [1.29, 1.82) is 0 Å². The van der Waals surface area contributed by atoms with Gasteiger partial charge in [-0.05, 0) is 34.1 Å². The molecular formula is C23H29N. The third-order valence-corrected chi connectivity index (χ3v) is 3.94. The van der Waals surface area contributed by atoms with Crippen LogP contribution in [-0.2, 0) is 13.0 Å². The number of hydrogen-bond acceptors (Lipinski definition) is 1. The van der Waals surface area contributed by atoms with Crippen molar-refractivity contribution in [3.05, 3.63) is 83.4 Å².